The lowest BCUT2D eigenvalue weighted by molar-refractivity contribution is 0.0754. The Labute approximate surface area is 146 Å². The molecular formula is C18H22N6O. The number of rotatable bonds is 5. The highest BCUT2D eigenvalue weighted by Gasteiger charge is 2.30. The highest BCUT2D eigenvalue weighted by Crippen LogP contribution is 2.30. The third-order valence-electron chi connectivity index (χ3n) is 4.85. The van der Waals surface area contributed by atoms with Gasteiger partial charge in [-0.15, -0.1) is 10.2 Å². The minimum atomic E-state index is 0.0822. The van der Waals surface area contributed by atoms with Gasteiger partial charge in [-0.25, -0.2) is 4.98 Å². The Morgan fingerprint density at radius 3 is 2.88 bits per heavy atom. The summed E-state index contributed by atoms with van der Waals surface area (Å²) in [5.41, 5.74) is 0.950. The number of hydrogen-bond donors (Lipinski definition) is 0. The molecule has 0 aliphatic carbocycles. The summed E-state index contributed by atoms with van der Waals surface area (Å²) in [6.45, 7) is 4.01. The summed E-state index contributed by atoms with van der Waals surface area (Å²) in [6.07, 6.45) is 6.93. The molecule has 130 valence electrons. The Hall–Kier alpha value is -2.54. The van der Waals surface area contributed by atoms with Crippen LogP contribution in [0.5, 0.6) is 0 Å². The van der Waals surface area contributed by atoms with E-state index in [9.17, 15) is 0 Å². The lowest BCUT2D eigenvalue weighted by atomic mass is 10.00. The van der Waals surface area contributed by atoms with E-state index in [1.807, 2.05) is 35.0 Å². The highest BCUT2D eigenvalue weighted by molar-refractivity contribution is 5.51. The van der Waals surface area contributed by atoms with Crippen LogP contribution in [0.4, 0.5) is 0 Å². The van der Waals surface area contributed by atoms with Gasteiger partial charge in [-0.05, 0) is 38.4 Å². The number of nitrogens with zero attached hydrogens (tertiary/aromatic N) is 6. The second-order valence-electron chi connectivity index (χ2n) is 6.49. The van der Waals surface area contributed by atoms with Gasteiger partial charge in [-0.2, -0.15) is 5.10 Å². The van der Waals surface area contributed by atoms with Gasteiger partial charge in [-0.1, -0.05) is 24.6 Å². The van der Waals surface area contributed by atoms with E-state index in [2.05, 4.69) is 32.1 Å². The van der Waals surface area contributed by atoms with Crippen LogP contribution in [-0.4, -0.2) is 42.4 Å². The van der Waals surface area contributed by atoms with Crippen LogP contribution in [0.3, 0.4) is 0 Å². The van der Waals surface area contributed by atoms with Crippen molar-refractivity contribution in [1.82, 2.24) is 29.9 Å². The van der Waals surface area contributed by atoms with Crippen LogP contribution in [0.2, 0.25) is 0 Å². The molecule has 2 atom stereocenters. The molecule has 3 heterocycles. The highest BCUT2D eigenvalue weighted by atomic mass is 16.4. The Morgan fingerprint density at radius 2 is 2.08 bits per heavy atom. The summed E-state index contributed by atoms with van der Waals surface area (Å²) in [6, 6.07) is 10.4. The fourth-order valence-corrected chi connectivity index (χ4v) is 3.51. The topological polar surface area (TPSA) is 72.9 Å². The normalized spacial score (nSPS) is 19.8. The van der Waals surface area contributed by atoms with E-state index < -0.39 is 0 Å². The van der Waals surface area contributed by atoms with E-state index >= 15 is 0 Å². The van der Waals surface area contributed by atoms with Crippen molar-refractivity contribution in [3.8, 4) is 11.5 Å². The summed E-state index contributed by atoms with van der Waals surface area (Å²) in [7, 11) is 0. The van der Waals surface area contributed by atoms with Gasteiger partial charge in [0.25, 0.3) is 0 Å². The molecule has 2 aromatic heterocycles. The molecule has 1 aromatic carbocycles. The van der Waals surface area contributed by atoms with Crippen LogP contribution in [0.15, 0.2) is 47.4 Å². The molecule has 25 heavy (non-hydrogen) atoms. The quantitative estimate of drug-likeness (QED) is 0.712. The van der Waals surface area contributed by atoms with Gasteiger partial charge in [-0.3, -0.25) is 9.58 Å². The van der Waals surface area contributed by atoms with Crippen molar-refractivity contribution in [2.24, 2.45) is 0 Å². The van der Waals surface area contributed by atoms with Crippen LogP contribution >= 0.6 is 0 Å². The second kappa shape index (κ2) is 7.14. The number of hydrogen-bond acceptors (Lipinski definition) is 6. The SMILES string of the molecule is C[C@@H](c1nnc(-c2ccccc2)o1)N1CCCC[C@@H]1Cn1cncn1. The summed E-state index contributed by atoms with van der Waals surface area (Å²) in [5.74, 6) is 1.25. The molecule has 3 aromatic rings. The average molecular weight is 338 g/mol. The smallest absolute Gasteiger partial charge is 0.247 e. The van der Waals surface area contributed by atoms with Gasteiger partial charge in [0, 0.05) is 11.6 Å². The number of aromatic nitrogens is 5. The zero-order valence-electron chi connectivity index (χ0n) is 14.3. The molecule has 0 amide bonds. The number of likely N-dealkylation sites (tertiary alicyclic amines) is 1. The first-order valence-corrected chi connectivity index (χ1v) is 8.78. The standard InChI is InChI=1S/C18H22N6O/c1-14(17-21-22-18(25-17)15-7-3-2-4-8-15)24-10-6-5-9-16(24)11-23-13-19-12-20-23/h2-4,7-8,12-14,16H,5-6,9-11H2,1H3/t14-,16+/m0/s1. The van der Waals surface area contributed by atoms with E-state index in [0.29, 0.717) is 17.8 Å². The van der Waals surface area contributed by atoms with Crippen molar-refractivity contribution < 1.29 is 4.42 Å². The molecule has 1 aliphatic heterocycles. The molecule has 1 fully saturated rings. The fourth-order valence-electron chi connectivity index (χ4n) is 3.51. The first kappa shape index (κ1) is 16.0. The number of piperidine rings is 1. The zero-order chi connectivity index (χ0) is 17.1. The molecular weight excluding hydrogens is 316 g/mol. The molecule has 4 rings (SSSR count). The van der Waals surface area contributed by atoms with Gasteiger partial charge in [0.2, 0.25) is 11.8 Å². The summed E-state index contributed by atoms with van der Waals surface area (Å²) in [4.78, 5) is 6.50. The maximum absolute atomic E-state index is 5.97. The van der Waals surface area contributed by atoms with Crippen molar-refractivity contribution in [1.29, 1.82) is 0 Å². The molecule has 0 radical (unpaired) electrons. The first-order valence-electron chi connectivity index (χ1n) is 8.78. The molecule has 0 unspecified atom stereocenters. The molecule has 1 saturated heterocycles. The third kappa shape index (κ3) is 3.46. The van der Waals surface area contributed by atoms with E-state index in [4.69, 9.17) is 4.42 Å². The molecule has 1 aliphatic rings. The van der Waals surface area contributed by atoms with Crippen molar-refractivity contribution in [2.45, 2.75) is 44.8 Å². The number of benzene rings is 1. The maximum Gasteiger partial charge on any atom is 0.247 e. The molecule has 7 heteroatoms. The van der Waals surface area contributed by atoms with E-state index in [-0.39, 0.29) is 6.04 Å². The lowest BCUT2D eigenvalue weighted by Crippen LogP contribution is -2.43. The summed E-state index contributed by atoms with van der Waals surface area (Å²) >= 11 is 0. The van der Waals surface area contributed by atoms with Gasteiger partial charge in [0.05, 0.1) is 12.6 Å². The van der Waals surface area contributed by atoms with Crippen LogP contribution in [0.25, 0.3) is 11.5 Å². The Bertz CT molecular complexity index is 785. The van der Waals surface area contributed by atoms with E-state index in [1.54, 1.807) is 12.7 Å². The third-order valence-corrected chi connectivity index (χ3v) is 4.85. The fraction of sp³-hybridized carbons (Fsp3) is 0.444. The minimum Gasteiger partial charge on any atom is -0.419 e. The molecule has 0 spiro atoms. The predicted molar refractivity (Wildman–Crippen MR) is 92.5 cm³/mol. The van der Waals surface area contributed by atoms with E-state index in [1.165, 1.54) is 12.8 Å². The monoisotopic (exact) mass is 338 g/mol. The molecule has 0 N–H and O–H groups in total. The van der Waals surface area contributed by atoms with Crippen molar-refractivity contribution in [3.05, 3.63) is 48.9 Å². The van der Waals surface area contributed by atoms with Crippen LogP contribution in [0, 0.1) is 0 Å². The van der Waals surface area contributed by atoms with E-state index in [0.717, 1.165) is 25.1 Å². The Morgan fingerprint density at radius 1 is 1.20 bits per heavy atom. The summed E-state index contributed by atoms with van der Waals surface area (Å²) < 4.78 is 7.87. The zero-order valence-corrected chi connectivity index (χ0v) is 14.3. The molecule has 0 bridgehead atoms. The molecule has 7 nitrogen and oxygen atoms in total. The summed E-state index contributed by atoms with van der Waals surface area (Å²) in [5, 5.41) is 12.8. The largest absolute Gasteiger partial charge is 0.419 e. The van der Waals surface area contributed by atoms with Gasteiger partial charge in [0.15, 0.2) is 0 Å². The second-order valence-corrected chi connectivity index (χ2v) is 6.49. The van der Waals surface area contributed by atoms with Crippen LogP contribution in [0.1, 0.15) is 38.1 Å². The Kier molecular flexibility index (Phi) is 4.56. The first-order chi connectivity index (χ1) is 12.3. The predicted octanol–water partition coefficient (Wildman–Crippen LogP) is 2.94. The average Bonchev–Trinajstić information content (AvgIpc) is 3.34. The minimum absolute atomic E-state index is 0.0822. The van der Waals surface area contributed by atoms with Crippen molar-refractivity contribution >= 4 is 0 Å². The van der Waals surface area contributed by atoms with Gasteiger partial charge >= 0.3 is 0 Å². The maximum atomic E-state index is 5.97. The van der Waals surface area contributed by atoms with Crippen LogP contribution in [-0.2, 0) is 6.54 Å². The Balaban J connectivity index is 1.52. The van der Waals surface area contributed by atoms with Gasteiger partial charge < -0.3 is 4.42 Å². The van der Waals surface area contributed by atoms with Gasteiger partial charge in [0.1, 0.15) is 12.7 Å². The lowest BCUT2D eigenvalue weighted by Gasteiger charge is -2.38. The van der Waals surface area contributed by atoms with Crippen molar-refractivity contribution in [2.75, 3.05) is 6.54 Å². The molecule has 0 saturated carbocycles. The van der Waals surface area contributed by atoms with Crippen molar-refractivity contribution in [3.63, 3.8) is 0 Å². The van der Waals surface area contributed by atoms with Crippen LogP contribution < -0.4 is 0 Å².